The van der Waals surface area contributed by atoms with E-state index in [4.69, 9.17) is 0 Å². The zero-order valence-corrected chi connectivity index (χ0v) is 14.2. The average molecular weight is 338 g/mol. The fourth-order valence-electron chi connectivity index (χ4n) is 2.76. The van der Waals surface area contributed by atoms with Gasteiger partial charge in [0.1, 0.15) is 5.92 Å². The summed E-state index contributed by atoms with van der Waals surface area (Å²) in [7, 11) is -1.66. The quantitative estimate of drug-likeness (QED) is 0.829. The summed E-state index contributed by atoms with van der Waals surface area (Å²) in [4.78, 5) is 26.3. The molecule has 1 saturated heterocycles. The van der Waals surface area contributed by atoms with E-state index in [0.717, 1.165) is 19.1 Å². The highest BCUT2D eigenvalue weighted by molar-refractivity contribution is 7.90. The Balaban J connectivity index is 2.09. The Labute approximate surface area is 136 Å². The van der Waals surface area contributed by atoms with E-state index >= 15 is 0 Å². The van der Waals surface area contributed by atoms with Crippen molar-refractivity contribution in [3.05, 3.63) is 29.8 Å². The minimum Gasteiger partial charge on any atom is -0.351 e. The third-order valence-electron chi connectivity index (χ3n) is 4.05. The van der Waals surface area contributed by atoms with Crippen molar-refractivity contribution in [3.63, 3.8) is 0 Å². The number of nitrogens with one attached hydrogen (secondary N) is 1. The van der Waals surface area contributed by atoms with Gasteiger partial charge in [-0.25, -0.2) is 8.42 Å². The molecule has 0 aliphatic carbocycles. The van der Waals surface area contributed by atoms with Crippen molar-refractivity contribution in [3.8, 4) is 0 Å². The first-order valence-corrected chi connectivity index (χ1v) is 9.50. The number of carbonyl (C=O) groups excluding carboxylic acids is 2. The second kappa shape index (κ2) is 7.12. The van der Waals surface area contributed by atoms with Crippen LogP contribution in [0.15, 0.2) is 29.2 Å². The first kappa shape index (κ1) is 17.5. The van der Waals surface area contributed by atoms with Crippen LogP contribution in [0.1, 0.15) is 24.8 Å². The van der Waals surface area contributed by atoms with Gasteiger partial charge in [0.25, 0.3) is 0 Å². The lowest BCUT2D eigenvalue weighted by Gasteiger charge is -2.19. The van der Waals surface area contributed by atoms with Crippen molar-refractivity contribution < 1.29 is 18.0 Å². The summed E-state index contributed by atoms with van der Waals surface area (Å²) in [6.45, 7) is 0.759. The standard InChI is InChI=1S/C16H22N2O4S/c1-18-10-6-5-8-13(16(18)20)15(19)17-11-12-7-3-4-9-14(12)23(2,21)22/h3-4,7,9,13H,5-6,8,10-11H2,1-2H3,(H,17,19). The molecule has 0 bridgehead atoms. The SMILES string of the molecule is CN1CCCCC(C(=O)NCc2ccccc2S(C)(=O)=O)C1=O. The molecule has 1 heterocycles. The number of amides is 2. The molecule has 1 aliphatic heterocycles. The number of hydrogen-bond donors (Lipinski definition) is 1. The number of likely N-dealkylation sites (tertiary alicyclic amines) is 1. The number of hydrogen-bond acceptors (Lipinski definition) is 4. The van der Waals surface area contributed by atoms with Gasteiger partial charge in [0, 0.05) is 26.4 Å². The van der Waals surface area contributed by atoms with E-state index < -0.39 is 15.8 Å². The molecule has 0 saturated carbocycles. The molecule has 2 amide bonds. The third-order valence-corrected chi connectivity index (χ3v) is 5.25. The molecule has 126 valence electrons. The smallest absolute Gasteiger partial charge is 0.234 e. The van der Waals surface area contributed by atoms with Crippen molar-refractivity contribution in [2.45, 2.75) is 30.7 Å². The van der Waals surface area contributed by atoms with Gasteiger partial charge in [0.15, 0.2) is 9.84 Å². The Morgan fingerprint density at radius 2 is 2.00 bits per heavy atom. The van der Waals surface area contributed by atoms with Crippen molar-refractivity contribution in [2.75, 3.05) is 19.8 Å². The molecule has 7 heteroatoms. The van der Waals surface area contributed by atoms with Crippen LogP contribution in [0.25, 0.3) is 0 Å². The van der Waals surface area contributed by atoms with Crippen molar-refractivity contribution in [1.82, 2.24) is 10.2 Å². The molecule has 1 aromatic carbocycles. The van der Waals surface area contributed by atoms with E-state index in [1.807, 2.05) is 0 Å². The normalized spacial score (nSPS) is 19.3. The van der Waals surface area contributed by atoms with E-state index in [2.05, 4.69) is 5.32 Å². The van der Waals surface area contributed by atoms with Gasteiger partial charge in [-0.15, -0.1) is 0 Å². The maximum absolute atomic E-state index is 12.3. The lowest BCUT2D eigenvalue weighted by Crippen LogP contribution is -2.40. The van der Waals surface area contributed by atoms with Crippen LogP contribution in [0.4, 0.5) is 0 Å². The summed E-state index contributed by atoms with van der Waals surface area (Å²) in [6.07, 6.45) is 3.39. The van der Waals surface area contributed by atoms with Gasteiger partial charge in [-0.05, 0) is 24.5 Å². The van der Waals surface area contributed by atoms with Crippen LogP contribution in [-0.2, 0) is 26.0 Å². The largest absolute Gasteiger partial charge is 0.351 e. The van der Waals surface area contributed by atoms with Crippen LogP contribution in [0.3, 0.4) is 0 Å². The average Bonchev–Trinajstić information content (AvgIpc) is 2.66. The zero-order valence-electron chi connectivity index (χ0n) is 13.4. The minimum absolute atomic E-state index is 0.0928. The Kier molecular flexibility index (Phi) is 5.41. The molecule has 2 rings (SSSR count). The molecule has 1 N–H and O–H groups in total. The molecule has 1 aliphatic rings. The third kappa shape index (κ3) is 4.31. The first-order chi connectivity index (χ1) is 10.8. The van der Waals surface area contributed by atoms with Crippen LogP contribution < -0.4 is 5.32 Å². The molecule has 1 fully saturated rings. The summed E-state index contributed by atoms with van der Waals surface area (Å²) in [6, 6.07) is 6.55. The molecule has 23 heavy (non-hydrogen) atoms. The number of carbonyl (C=O) groups is 2. The molecule has 1 unspecified atom stereocenters. The van der Waals surface area contributed by atoms with Gasteiger partial charge < -0.3 is 10.2 Å². The highest BCUT2D eigenvalue weighted by Gasteiger charge is 2.30. The molecule has 0 spiro atoms. The highest BCUT2D eigenvalue weighted by Crippen LogP contribution is 2.18. The van der Waals surface area contributed by atoms with E-state index in [9.17, 15) is 18.0 Å². The monoisotopic (exact) mass is 338 g/mol. The van der Waals surface area contributed by atoms with Crippen molar-refractivity contribution >= 4 is 21.7 Å². The van der Waals surface area contributed by atoms with Crippen LogP contribution in [0.5, 0.6) is 0 Å². The molecular formula is C16H22N2O4S. The maximum Gasteiger partial charge on any atom is 0.234 e. The summed E-state index contributed by atoms with van der Waals surface area (Å²) in [5, 5.41) is 2.71. The Bertz CT molecular complexity index is 700. The predicted octanol–water partition coefficient (Wildman–Crippen LogP) is 0.965. The molecule has 6 nitrogen and oxygen atoms in total. The minimum atomic E-state index is -3.36. The molecule has 0 aromatic heterocycles. The number of nitrogens with zero attached hydrogens (tertiary/aromatic N) is 1. The fourth-order valence-corrected chi connectivity index (χ4v) is 3.70. The van der Waals surface area contributed by atoms with E-state index in [-0.39, 0.29) is 23.3 Å². The van der Waals surface area contributed by atoms with Crippen molar-refractivity contribution in [1.29, 1.82) is 0 Å². The highest BCUT2D eigenvalue weighted by atomic mass is 32.2. The van der Waals surface area contributed by atoms with E-state index in [1.165, 1.54) is 6.07 Å². The number of sulfone groups is 1. The van der Waals surface area contributed by atoms with Crippen LogP contribution in [0.2, 0.25) is 0 Å². The Morgan fingerprint density at radius 1 is 1.30 bits per heavy atom. The summed E-state index contributed by atoms with van der Waals surface area (Å²) < 4.78 is 23.5. The summed E-state index contributed by atoms with van der Waals surface area (Å²) in [5.74, 6) is -1.20. The van der Waals surface area contributed by atoms with Gasteiger partial charge in [0.05, 0.1) is 4.90 Å². The molecule has 1 atom stereocenters. The maximum atomic E-state index is 12.3. The first-order valence-electron chi connectivity index (χ1n) is 7.61. The van der Waals surface area contributed by atoms with Gasteiger partial charge in [0.2, 0.25) is 11.8 Å². The lowest BCUT2D eigenvalue weighted by atomic mass is 10.0. The topological polar surface area (TPSA) is 83.6 Å². The van der Waals surface area contributed by atoms with E-state index in [1.54, 1.807) is 30.1 Å². The second-order valence-electron chi connectivity index (χ2n) is 5.91. The number of benzene rings is 1. The molecule has 0 radical (unpaired) electrons. The fraction of sp³-hybridized carbons (Fsp3) is 0.500. The predicted molar refractivity (Wildman–Crippen MR) is 86.4 cm³/mol. The van der Waals surface area contributed by atoms with Gasteiger partial charge in [-0.3, -0.25) is 9.59 Å². The van der Waals surface area contributed by atoms with Gasteiger partial charge >= 0.3 is 0 Å². The van der Waals surface area contributed by atoms with Gasteiger partial charge in [-0.1, -0.05) is 24.6 Å². The van der Waals surface area contributed by atoms with Crippen LogP contribution in [0, 0.1) is 5.92 Å². The Hall–Kier alpha value is -1.89. The zero-order chi connectivity index (χ0) is 17.0. The number of rotatable bonds is 4. The van der Waals surface area contributed by atoms with Crippen LogP contribution in [-0.4, -0.2) is 45.0 Å². The molecular weight excluding hydrogens is 316 g/mol. The van der Waals surface area contributed by atoms with E-state index in [0.29, 0.717) is 18.5 Å². The Morgan fingerprint density at radius 3 is 2.70 bits per heavy atom. The summed E-state index contributed by atoms with van der Waals surface area (Å²) in [5.41, 5.74) is 0.526. The second-order valence-corrected chi connectivity index (χ2v) is 7.89. The summed E-state index contributed by atoms with van der Waals surface area (Å²) >= 11 is 0. The van der Waals surface area contributed by atoms with Crippen molar-refractivity contribution in [2.24, 2.45) is 5.92 Å². The van der Waals surface area contributed by atoms with Gasteiger partial charge in [-0.2, -0.15) is 0 Å². The molecule has 1 aromatic rings. The lowest BCUT2D eigenvalue weighted by molar-refractivity contribution is -0.140. The van der Waals surface area contributed by atoms with Crippen LogP contribution >= 0.6 is 0 Å².